The lowest BCUT2D eigenvalue weighted by atomic mass is 10.2. The summed E-state index contributed by atoms with van der Waals surface area (Å²) in [7, 11) is 0. The molecule has 14 heavy (non-hydrogen) atoms. The van der Waals surface area contributed by atoms with Crippen LogP contribution in [0, 0.1) is 0 Å². The Kier molecular flexibility index (Phi) is 6.69. The molecule has 0 bridgehead atoms. The molecule has 0 fully saturated rings. The summed E-state index contributed by atoms with van der Waals surface area (Å²) >= 11 is 0. The van der Waals surface area contributed by atoms with Crippen molar-refractivity contribution in [3.05, 3.63) is 0 Å². The zero-order valence-corrected chi connectivity index (χ0v) is 8.38. The van der Waals surface area contributed by atoms with Gasteiger partial charge in [-0.2, -0.15) is 0 Å². The summed E-state index contributed by atoms with van der Waals surface area (Å²) in [6.07, 6.45) is 0.418. The van der Waals surface area contributed by atoms with Gasteiger partial charge in [0, 0.05) is 6.54 Å². The SMILES string of the molecule is CCNC(=O)CNC(=O)C(N)CCN. The second-order valence-corrected chi connectivity index (χ2v) is 2.86. The highest BCUT2D eigenvalue weighted by atomic mass is 16.2. The van der Waals surface area contributed by atoms with E-state index in [0.717, 1.165) is 0 Å². The Balaban J connectivity index is 3.67. The number of amides is 2. The maximum absolute atomic E-state index is 11.2. The molecule has 0 aliphatic rings. The number of likely N-dealkylation sites (N-methyl/N-ethyl adjacent to an activating group) is 1. The number of carbonyl (C=O) groups is 2. The van der Waals surface area contributed by atoms with Gasteiger partial charge in [-0.05, 0) is 19.9 Å². The van der Waals surface area contributed by atoms with E-state index in [1.165, 1.54) is 0 Å². The van der Waals surface area contributed by atoms with E-state index < -0.39 is 6.04 Å². The Hall–Kier alpha value is -1.14. The fraction of sp³-hybridized carbons (Fsp3) is 0.750. The molecule has 1 unspecified atom stereocenters. The Bertz CT molecular complexity index is 196. The number of nitrogens with one attached hydrogen (secondary N) is 2. The zero-order valence-electron chi connectivity index (χ0n) is 8.38. The van der Waals surface area contributed by atoms with E-state index in [-0.39, 0.29) is 18.4 Å². The molecule has 0 rings (SSSR count). The van der Waals surface area contributed by atoms with Gasteiger partial charge in [0.25, 0.3) is 0 Å². The van der Waals surface area contributed by atoms with Crippen molar-refractivity contribution in [2.24, 2.45) is 11.5 Å². The third kappa shape index (κ3) is 5.50. The summed E-state index contributed by atoms with van der Waals surface area (Å²) in [5, 5.41) is 4.97. The Labute approximate surface area is 83.4 Å². The second kappa shape index (κ2) is 7.28. The third-order valence-electron chi connectivity index (χ3n) is 1.61. The first-order valence-electron chi connectivity index (χ1n) is 4.61. The molecule has 6 heteroatoms. The summed E-state index contributed by atoms with van der Waals surface area (Å²) in [4.78, 5) is 22.1. The van der Waals surface area contributed by atoms with Crippen LogP contribution >= 0.6 is 0 Å². The number of rotatable bonds is 6. The first-order chi connectivity index (χ1) is 6.61. The minimum absolute atomic E-state index is 0.0368. The highest BCUT2D eigenvalue weighted by Crippen LogP contribution is 1.84. The average molecular weight is 202 g/mol. The van der Waals surface area contributed by atoms with Gasteiger partial charge < -0.3 is 22.1 Å². The fourth-order valence-electron chi connectivity index (χ4n) is 0.869. The molecule has 0 aromatic rings. The molecular weight excluding hydrogens is 184 g/mol. The molecule has 0 aromatic heterocycles. The predicted octanol–water partition coefficient (Wildman–Crippen LogP) is -2.09. The van der Waals surface area contributed by atoms with Crippen molar-refractivity contribution in [1.82, 2.24) is 10.6 Å². The maximum Gasteiger partial charge on any atom is 0.239 e. The van der Waals surface area contributed by atoms with Gasteiger partial charge in [0.1, 0.15) is 0 Å². The number of nitrogens with two attached hydrogens (primary N) is 2. The highest BCUT2D eigenvalue weighted by Gasteiger charge is 2.12. The molecule has 0 saturated carbocycles. The number of hydrogen-bond acceptors (Lipinski definition) is 4. The van der Waals surface area contributed by atoms with Crippen LogP contribution in [0.2, 0.25) is 0 Å². The molecule has 0 saturated heterocycles. The maximum atomic E-state index is 11.2. The number of hydrogen-bond donors (Lipinski definition) is 4. The zero-order chi connectivity index (χ0) is 11.0. The smallest absolute Gasteiger partial charge is 0.239 e. The van der Waals surface area contributed by atoms with E-state index in [9.17, 15) is 9.59 Å². The Morgan fingerprint density at radius 1 is 1.36 bits per heavy atom. The lowest BCUT2D eigenvalue weighted by Gasteiger charge is -2.10. The molecule has 0 heterocycles. The largest absolute Gasteiger partial charge is 0.355 e. The van der Waals surface area contributed by atoms with Crippen LogP contribution in [-0.2, 0) is 9.59 Å². The molecular formula is C8H18N4O2. The highest BCUT2D eigenvalue weighted by molar-refractivity contribution is 5.87. The first-order valence-corrected chi connectivity index (χ1v) is 4.61. The predicted molar refractivity (Wildman–Crippen MR) is 53.3 cm³/mol. The first kappa shape index (κ1) is 12.9. The molecule has 82 valence electrons. The van der Waals surface area contributed by atoms with E-state index in [0.29, 0.717) is 19.5 Å². The van der Waals surface area contributed by atoms with Crippen molar-refractivity contribution in [2.45, 2.75) is 19.4 Å². The lowest BCUT2D eigenvalue weighted by molar-refractivity contribution is -0.126. The second-order valence-electron chi connectivity index (χ2n) is 2.86. The van der Waals surface area contributed by atoms with Crippen LogP contribution in [-0.4, -0.2) is 37.5 Å². The van der Waals surface area contributed by atoms with Gasteiger partial charge in [-0.15, -0.1) is 0 Å². The van der Waals surface area contributed by atoms with Gasteiger partial charge in [0.05, 0.1) is 12.6 Å². The van der Waals surface area contributed by atoms with Crippen LogP contribution in [0.15, 0.2) is 0 Å². The lowest BCUT2D eigenvalue weighted by Crippen LogP contribution is -2.45. The van der Waals surface area contributed by atoms with Gasteiger partial charge in [0.15, 0.2) is 0 Å². The van der Waals surface area contributed by atoms with Crippen molar-refractivity contribution >= 4 is 11.8 Å². The summed E-state index contributed by atoms with van der Waals surface area (Å²) in [5.74, 6) is -0.567. The van der Waals surface area contributed by atoms with E-state index in [1.807, 2.05) is 0 Å². The summed E-state index contributed by atoms with van der Waals surface area (Å²) < 4.78 is 0. The van der Waals surface area contributed by atoms with Gasteiger partial charge in [0.2, 0.25) is 11.8 Å². The van der Waals surface area contributed by atoms with Crippen LogP contribution < -0.4 is 22.1 Å². The molecule has 6 N–H and O–H groups in total. The average Bonchev–Trinajstić information content (AvgIpc) is 2.15. The van der Waals surface area contributed by atoms with E-state index in [4.69, 9.17) is 11.5 Å². The monoisotopic (exact) mass is 202 g/mol. The number of carbonyl (C=O) groups excluding carboxylic acids is 2. The molecule has 0 aliphatic carbocycles. The Morgan fingerprint density at radius 3 is 2.50 bits per heavy atom. The van der Waals surface area contributed by atoms with Crippen LogP contribution in [0.1, 0.15) is 13.3 Å². The van der Waals surface area contributed by atoms with Crippen LogP contribution in [0.4, 0.5) is 0 Å². The van der Waals surface area contributed by atoms with Gasteiger partial charge in [-0.1, -0.05) is 0 Å². The summed E-state index contributed by atoms with van der Waals surface area (Å²) in [5.41, 5.74) is 10.7. The molecule has 0 radical (unpaired) electrons. The van der Waals surface area contributed by atoms with E-state index >= 15 is 0 Å². The molecule has 2 amide bonds. The molecule has 1 atom stereocenters. The minimum atomic E-state index is -0.630. The van der Waals surface area contributed by atoms with Crippen molar-refractivity contribution in [2.75, 3.05) is 19.6 Å². The van der Waals surface area contributed by atoms with Crippen molar-refractivity contribution in [3.8, 4) is 0 Å². The quantitative estimate of drug-likeness (QED) is 0.396. The molecule has 0 aromatic carbocycles. The standard InChI is InChI=1S/C8H18N4O2/c1-2-11-7(13)5-12-8(14)6(10)3-4-9/h6H,2-5,9-10H2,1H3,(H,11,13)(H,12,14). The van der Waals surface area contributed by atoms with Crippen molar-refractivity contribution < 1.29 is 9.59 Å². The molecule has 0 spiro atoms. The van der Waals surface area contributed by atoms with Crippen LogP contribution in [0.5, 0.6) is 0 Å². The van der Waals surface area contributed by atoms with Gasteiger partial charge >= 0.3 is 0 Å². The van der Waals surface area contributed by atoms with Crippen molar-refractivity contribution in [3.63, 3.8) is 0 Å². The minimum Gasteiger partial charge on any atom is -0.355 e. The normalized spacial score (nSPS) is 11.9. The molecule has 0 aliphatic heterocycles. The van der Waals surface area contributed by atoms with Gasteiger partial charge in [-0.3, -0.25) is 9.59 Å². The van der Waals surface area contributed by atoms with Crippen LogP contribution in [0.3, 0.4) is 0 Å². The van der Waals surface area contributed by atoms with Crippen molar-refractivity contribution in [1.29, 1.82) is 0 Å². The summed E-state index contributed by atoms with van der Waals surface area (Å²) in [6.45, 7) is 2.67. The van der Waals surface area contributed by atoms with E-state index in [2.05, 4.69) is 10.6 Å². The van der Waals surface area contributed by atoms with Gasteiger partial charge in [-0.25, -0.2) is 0 Å². The van der Waals surface area contributed by atoms with Crippen LogP contribution in [0.25, 0.3) is 0 Å². The fourth-order valence-corrected chi connectivity index (χ4v) is 0.869. The third-order valence-corrected chi connectivity index (χ3v) is 1.61. The topological polar surface area (TPSA) is 110 Å². The summed E-state index contributed by atoms with van der Waals surface area (Å²) in [6, 6.07) is -0.630. The Morgan fingerprint density at radius 2 is 2.00 bits per heavy atom. The van der Waals surface area contributed by atoms with E-state index in [1.54, 1.807) is 6.92 Å². The molecule has 6 nitrogen and oxygen atoms in total.